The summed E-state index contributed by atoms with van der Waals surface area (Å²) in [5.41, 5.74) is 12.3. The van der Waals surface area contributed by atoms with Crippen LogP contribution in [0.15, 0.2) is 30.5 Å². The predicted octanol–water partition coefficient (Wildman–Crippen LogP) is -0.778. The van der Waals surface area contributed by atoms with Gasteiger partial charge in [-0.25, -0.2) is 4.79 Å². The highest BCUT2D eigenvalue weighted by Crippen LogP contribution is 2.19. The van der Waals surface area contributed by atoms with Gasteiger partial charge in [-0.2, -0.15) is 0 Å². The Kier molecular flexibility index (Phi) is 8.92. The van der Waals surface area contributed by atoms with Crippen molar-refractivity contribution in [3.63, 3.8) is 0 Å². The van der Waals surface area contributed by atoms with E-state index in [9.17, 15) is 29.1 Å². The fraction of sp³-hybridized carbons (Fsp3) is 0.381. The lowest BCUT2D eigenvalue weighted by atomic mass is 10.0. The first-order valence-electron chi connectivity index (χ1n) is 10.2. The largest absolute Gasteiger partial charge is 0.481 e. The van der Waals surface area contributed by atoms with E-state index in [1.54, 1.807) is 12.3 Å². The Morgan fingerprint density at radius 2 is 1.61 bits per heavy atom. The van der Waals surface area contributed by atoms with Crippen molar-refractivity contribution in [2.45, 2.75) is 50.2 Å². The summed E-state index contributed by atoms with van der Waals surface area (Å²) in [7, 11) is 0. The number of aromatic amines is 1. The second-order valence-electron chi connectivity index (χ2n) is 7.57. The Labute approximate surface area is 188 Å². The maximum atomic E-state index is 12.9. The second kappa shape index (κ2) is 11.6. The summed E-state index contributed by atoms with van der Waals surface area (Å²) in [6.07, 6.45) is 0.735. The number of H-pyrrole nitrogens is 1. The number of para-hydroxylation sites is 1. The summed E-state index contributed by atoms with van der Waals surface area (Å²) in [5, 5.41) is 23.8. The smallest absolute Gasteiger partial charge is 0.326 e. The average Bonchev–Trinajstić information content (AvgIpc) is 3.16. The lowest BCUT2D eigenvalue weighted by Crippen LogP contribution is -2.55. The summed E-state index contributed by atoms with van der Waals surface area (Å²) in [6, 6.07) is 3.51. The number of nitrogens with two attached hydrogens (primary N) is 2. The molecule has 12 nitrogen and oxygen atoms in total. The number of benzene rings is 1. The molecule has 0 aliphatic carbocycles. The van der Waals surface area contributed by atoms with Gasteiger partial charge in [0.1, 0.15) is 12.1 Å². The standard InChI is InChI=1S/C21H27N5O7/c22-13(5-8-18(28)29)19(30)26-16(9-11-10-24-14-4-2-1-3-12(11)14)20(31)25-15(21(32)33)6-7-17(23)27/h1-4,10,13,15-16,24H,5-9,22H2,(H2,23,27)(H,25,31)(H,26,30)(H,28,29)(H,32,33)/t13-,15-,16-/m0/s1. The monoisotopic (exact) mass is 461 g/mol. The molecule has 0 aliphatic heterocycles. The molecule has 1 aromatic carbocycles. The van der Waals surface area contributed by atoms with Crippen LogP contribution in [-0.4, -0.2) is 63.0 Å². The van der Waals surface area contributed by atoms with Crippen molar-refractivity contribution in [2.24, 2.45) is 11.5 Å². The highest BCUT2D eigenvalue weighted by molar-refractivity contribution is 5.93. The number of carboxylic acid groups (broad SMARTS) is 2. The molecule has 0 bridgehead atoms. The number of carboxylic acids is 2. The van der Waals surface area contributed by atoms with Crippen LogP contribution < -0.4 is 22.1 Å². The highest BCUT2D eigenvalue weighted by Gasteiger charge is 2.29. The molecule has 2 aromatic rings. The van der Waals surface area contributed by atoms with E-state index < -0.39 is 47.8 Å². The molecule has 9 N–H and O–H groups in total. The number of rotatable bonds is 13. The third kappa shape index (κ3) is 7.61. The molecule has 0 saturated heterocycles. The summed E-state index contributed by atoms with van der Waals surface area (Å²) >= 11 is 0. The minimum absolute atomic E-state index is 0.00932. The van der Waals surface area contributed by atoms with Crippen molar-refractivity contribution in [3.05, 3.63) is 36.0 Å². The van der Waals surface area contributed by atoms with Gasteiger partial charge in [0.05, 0.1) is 6.04 Å². The zero-order chi connectivity index (χ0) is 24.5. The van der Waals surface area contributed by atoms with Crippen LogP contribution in [0, 0.1) is 0 Å². The summed E-state index contributed by atoms with van der Waals surface area (Å²) in [4.78, 5) is 61.8. The van der Waals surface area contributed by atoms with E-state index in [1.807, 2.05) is 18.2 Å². The van der Waals surface area contributed by atoms with Crippen molar-refractivity contribution in [2.75, 3.05) is 0 Å². The molecule has 33 heavy (non-hydrogen) atoms. The maximum absolute atomic E-state index is 12.9. The number of nitrogens with one attached hydrogen (secondary N) is 3. The van der Waals surface area contributed by atoms with Gasteiger partial charge in [0.15, 0.2) is 0 Å². The summed E-state index contributed by atoms with van der Waals surface area (Å²) in [6.45, 7) is 0. The van der Waals surface area contributed by atoms with Crippen molar-refractivity contribution < 1.29 is 34.2 Å². The van der Waals surface area contributed by atoms with Crippen molar-refractivity contribution in [1.82, 2.24) is 15.6 Å². The molecule has 3 atom stereocenters. The maximum Gasteiger partial charge on any atom is 0.326 e. The van der Waals surface area contributed by atoms with E-state index in [1.165, 1.54) is 0 Å². The zero-order valence-corrected chi connectivity index (χ0v) is 17.7. The number of carbonyl (C=O) groups is 5. The van der Waals surface area contributed by atoms with Gasteiger partial charge in [-0.15, -0.1) is 0 Å². The first-order valence-corrected chi connectivity index (χ1v) is 10.2. The topological polar surface area (TPSA) is 218 Å². The molecule has 0 fully saturated rings. The molecule has 0 saturated carbocycles. The van der Waals surface area contributed by atoms with Crippen LogP contribution >= 0.6 is 0 Å². The van der Waals surface area contributed by atoms with E-state index in [2.05, 4.69) is 15.6 Å². The van der Waals surface area contributed by atoms with Gasteiger partial charge in [-0.3, -0.25) is 19.2 Å². The van der Waals surface area contributed by atoms with Crippen molar-refractivity contribution in [1.29, 1.82) is 0 Å². The minimum atomic E-state index is -1.40. The molecular weight excluding hydrogens is 434 g/mol. The number of amides is 3. The number of primary amides is 1. The van der Waals surface area contributed by atoms with Gasteiger partial charge in [0.25, 0.3) is 0 Å². The van der Waals surface area contributed by atoms with E-state index in [0.29, 0.717) is 5.56 Å². The Morgan fingerprint density at radius 3 is 2.24 bits per heavy atom. The molecule has 178 valence electrons. The van der Waals surface area contributed by atoms with Crippen LogP contribution in [0.3, 0.4) is 0 Å². The summed E-state index contributed by atoms with van der Waals surface area (Å²) in [5.74, 6) is -4.75. The normalized spacial score (nSPS) is 13.6. The summed E-state index contributed by atoms with van der Waals surface area (Å²) < 4.78 is 0. The molecule has 0 unspecified atom stereocenters. The molecule has 2 rings (SSSR count). The number of hydrogen-bond donors (Lipinski definition) is 7. The second-order valence-corrected chi connectivity index (χ2v) is 7.57. The molecule has 1 aromatic heterocycles. The van der Waals surface area contributed by atoms with Gasteiger partial charge in [0, 0.05) is 36.4 Å². The fourth-order valence-corrected chi connectivity index (χ4v) is 3.23. The van der Waals surface area contributed by atoms with Crippen LogP contribution in [0.25, 0.3) is 10.9 Å². The lowest BCUT2D eigenvalue weighted by molar-refractivity contribution is -0.142. The average molecular weight is 461 g/mol. The number of hydrogen-bond acceptors (Lipinski definition) is 6. The number of carbonyl (C=O) groups excluding carboxylic acids is 3. The van der Waals surface area contributed by atoms with Crippen molar-refractivity contribution in [3.8, 4) is 0 Å². The van der Waals surface area contributed by atoms with Gasteiger partial charge in [-0.1, -0.05) is 18.2 Å². The van der Waals surface area contributed by atoms with E-state index in [4.69, 9.17) is 16.6 Å². The first-order chi connectivity index (χ1) is 15.6. The van der Waals surface area contributed by atoms with E-state index in [-0.39, 0.29) is 32.1 Å². The van der Waals surface area contributed by atoms with Crippen LogP contribution in [0.1, 0.15) is 31.2 Å². The van der Waals surface area contributed by atoms with Crippen LogP contribution in [-0.2, 0) is 30.4 Å². The molecular formula is C21H27N5O7. The Bertz CT molecular complexity index is 1030. The van der Waals surface area contributed by atoms with Gasteiger partial charge in [0.2, 0.25) is 17.7 Å². The zero-order valence-electron chi connectivity index (χ0n) is 17.7. The van der Waals surface area contributed by atoms with Gasteiger partial charge >= 0.3 is 11.9 Å². The third-order valence-corrected chi connectivity index (χ3v) is 5.03. The number of aliphatic carboxylic acids is 2. The fourth-order valence-electron chi connectivity index (χ4n) is 3.23. The first kappa shape index (κ1) is 25.3. The molecule has 0 spiro atoms. The Balaban J connectivity index is 2.22. The van der Waals surface area contributed by atoms with Crippen LogP contribution in [0.2, 0.25) is 0 Å². The Hall–Kier alpha value is -3.93. The SMILES string of the molecule is NC(=O)CC[C@H](NC(=O)[C@H](Cc1c[nH]c2ccccc12)NC(=O)[C@@H](N)CCC(=O)O)C(=O)O. The lowest BCUT2D eigenvalue weighted by Gasteiger charge is -2.22. The molecule has 1 heterocycles. The quantitative estimate of drug-likeness (QED) is 0.200. The molecule has 0 aliphatic rings. The van der Waals surface area contributed by atoms with Gasteiger partial charge < -0.3 is 37.3 Å². The van der Waals surface area contributed by atoms with E-state index >= 15 is 0 Å². The van der Waals surface area contributed by atoms with E-state index in [0.717, 1.165) is 10.9 Å². The number of aromatic nitrogens is 1. The van der Waals surface area contributed by atoms with Crippen molar-refractivity contribution >= 4 is 40.6 Å². The third-order valence-electron chi connectivity index (χ3n) is 5.03. The predicted molar refractivity (Wildman–Crippen MR) is 117 cm³/mol. The minimum Gasteiger partial charge on any atom is -0.481 e. The Morgan fingerprint density at radius 1 is 0.939 bits per heavy atom. The molecule has 12 heteroatoms. The highest BCUT2D eigenvalue weighted by atomic mass is 16.4. The molecule has 0 radical (unpaired) electrons. The molecule has 3 amide bonds. The van der Waals surface area contributed by atoms with Gasteiger partial charge in [-0.05, 0) is 24.5 Å². The van der Waals surface area contributed by atoms with Crippen LogP contribution in [0.4, 0.5) is 0 Å². The van der Waals surface area contributed by atoms with Crippen LogP contribution in [0.5, 0.6) is 0 Å². The number of fused-ring (bicyclic) bond motifs is 1.